The number of carboxylic acid groups (broad SMARTS) is 1. The van der Waals surface area contributed by atoms with Crippen molar-refractivity contribution in [2.75, 3.05) is 0 Å². The van der Waals surface area contributed by atoms with E-state index in [1.807, 2.05) is 48.5 Å². The predicted molar refractivity (Wildman–Crippen MR) is 131 cm³/mol. The van der Waals surface area contributed by atoms with E-state index in [2.05, 4.69) is 13.0 Å². The monoisotopic (exact) mass is 436 g/mol. The number of ether oxygens (including phenoxy) is 1. The molecule has 0 saturated heterocycles. The molecule has 0 unspecified atom stereocenters. The number of carbonyl (C=O) groups is 2. The Hall–Kier alpha value is -3.66. The zero-order chi connectivity index (χ0) is 22.7. The van der Waals surface area contributed by atoms with E-state index < -0.39 is 5.97 Å². The fraction of sp³-hybridized carbons (Fsp3) is 0.241. The van der Waals surface area contributed by atoms with Gasteiger partial charge in [0.25, 0.3) is 0 Å². The van der Waals surface area contributed by atoms with Crippen molar-refractivity contribution in [3.05, 3.63) is 71.8 Å². The van der Waals surface area contributed by atoms with Gasteiger partial charge in [0.15, 0.2) is 0 Å². The molecule has 0 amide bonds. The molecule has 1 N–H and O–H groups in total. The van der Waals surface area contributed by atoms with Crippen LogP contribution in [0.3, 0.4) is 0 Å². The summed E-state index contributed by atoms with van der Waals surface area (Å²) in [6.07, 6.45) is 4.04. The van der Waals surface area contributed by atoms with Gasteiger partial charge in [0.1, 0.15) is 6.10 Å². The molecule has 1 fully saturated rings. The summed E-state index contributed by atoms with van der Waals surface area (Å²) in [5, 5.41) is 17.3. The van der Waals surface area contributed by atoms with Crippen molar-refractivity contribution < 1.29 is 19.4 Å². The second kappa shape index (κ2) is 7.45. The Bertz CT molecular complexity index is 1540. The molecule has 33 heavy (non-hydrogen) atoms. The van der Waals surface area contributed by atoms with Crippen molar-refractivity contribution in [1.29, 1.82) is 0 Å². The lowest BCUT2D eigenvalue weighted by Crippen LogP contribution is -2.23. The van der Waals surface area contributed by atoms with E-state index in [-0.39, 0.29) is 12.1 Å². The van der Waals surface area contributed by atoms with Gasteiger partial charge in [-0.15, -0.1) is 0 Å². The van der Waals surface area contributed by atoms with Crippen molar-refractivity contribution in [3.63, 3.8) is 0 Å². The van der Waals surface area contributed by atoms with Crippen LogP contribution < -0.4 is 0 Å². The summed E-state index contributed by atoms with van der Waals surface area (Å²) in [5.74, 6) is -0.494. The molecule has 0 atom stereocenters. The van der Waals surface area contributed by atoms with Crippen LogP contribution in [0.4, 0.5) is 0 Å². The van der Waals surface area contributed by atoms with Crippen LogP contribution in [-0.4, -0.2) is 23.1 Å². The van der Waals surface area contributed by atoms with E-state index in [1.54, 1.807) is 6.07 Å². The Morgan fingerprint density at radius 1 is 0.697 bits per heavy atom. The maximum Gasteiger partial charge on any atom is 0.339 e. The molecule has 1 aliphatic rings. The second-order valence-corrected chi connectivity index (χ2v) is 9.37. The quantitative estimate of drug-likeness (QED) is 0.185. The standard InChI is InChI=1S/C29H24O4/c1-16-8-10-17(11-9-16)33-29(32)25-15-13-23-18-4-2-6-20-24(28(30)31)14-12-22(26(18)20)19-5-3-7-21(25)27(19)23/h2-7,12-17H,8-11H2,1H3,(H,30,31). The van der Waals surface area contributed by atoms with Gasteiger partial charge in [-0.05, 0) is 86.8 Å². The maximum atomic E-state index is 13.2. The van der Waals surface area contributed by atoms with Gasteiger partial charge in [0, 0.05) is 0 Å². The molecular weight excluding hydrogens is 412 g/mol. The maximum absolute atomic E-state index is 13.2. The first-order valence-corrected chi connectivity index (χ1v) is 11.6. The Balaban J connectivity index is 1.57. The van der Waals surface area contributed by atoms with Gasteiger partial charge in [-0.3, -0.25) is 0 Å². The molecular formula is C29H24O4. The predicted octanol–water partition coefficient (Wildman–Crippen LogP) is 7.17. The van der Waals surface area contributed by atoms with Crippen molar-refractivity contribution >= 4 is 55.0 Å². The molecule has 0 aromatic heterocycles. The third-order valence-electron chi connectivity index (χ3n) is 7.35. The number of aromatic carboxylic acids is 1. The minimum absolute atomic E-state index is 0.0107. The Morgan fingerprint density at radius 3 is 1.76 bits per heavy atom. The first-order valence-electron chi connectivity index (χ1n) is 11.6. The van der Waals surface area contributed by atoms with Crippen LogP contribution in [0.5, 0.6) is 0 Å². The molecule has 4 nitrogen and oxygen atoms in total. The molecule has 6 rings (SSSR count). The van der Waals surface area contributed by atoms with Gasteiger partial charge >= 0.3 is 11.9 Å². The fourth-order valence-corrected chi connectivity index (χ4v) is 5.64. The van der Waals surface area contributed by atoms with Gasteiger partial charge in [0.05, 0.1) is 11.1 Å². The van der Waals surface area contributed by atoms with E-state index in [0.717, 1.165) is 68.8 Å². The molecule has 0 aliphatic heterocycles. The number of hydrogen-bond acceptors (Lipinski definition) is 3. The van der Waals surface area contributed by atoms with Gasteiger partial charge in [-0.25, -0.2) is 9.59 Å². The minimum atomic E-state index is -0.932. The minimum Gasteiger partial charge on any atom is -0.478 e. The number of fused-ring (bicyclic) bond motifs is 2. The molecule has 1 aliphatic carbocycles. The van der Waals surface area contributed by atoms with Crippen molar-refractivity contribution in [3.8, 4) is 0 Å². The van der Waals surface area contributed by atoms with Crippen LogP contribution in [0.15, 0.2) is 60.7 Å². The number of benzene rings is 5. The number of hydrogen-bond donors (Lipinski definition) is 1. The van der Waals surface area contributed by atoms with E-state index in [1.165, 1.54) is 0 Å². The van der Waals surface area contributed by atoms with Crippen LogP contribution in [0.1, 0.15) is 53.3 Å². The first kappa shape index (κ1) is 20.0. The summed E-state index contributed by atoms with van der Waals surface area (Å²) in [6.45, 7) is 2.25. The van der Waals surface area contributed by atoms with Crippen molar-refractivity contribution in [2.45, 2.75) is 38.7 Å². The average molecular weight is 437 g/mol. The van der Waals surface area contributed by atoms with Gasteiger partial charge < -0.3 is 9.84 Å². The van der Waals surface area contributed by atoms with Crippen LogP contribution >= 0.6 is 0 Å². The third kappa shape index (κ3) is 3.05. The van der Waals surface area contributed by atoms with Crippen LogP contribution in [-0.2, 0) is 4.74 Å². The molecule has 0 spiro atoms. The third-order valence-corrected chi connectivity index (χ3v) is 7.35. The summed E-state index contributed by atoms with van der Waals surface area (Å²) in [4.78, 5) is 25.0. The van der Waals surface area contributed by atoms with Crippen LogP contribution in [0.2, 0.25) is 0 Å². The average Bonchev–Trinajstić information content (AvgIpc) is 2.83. The summed E-state index contributed by atoms with van der Waals surface area (Å²) < 4.78 is 5.93. The molecule has 5 aromatic rings. The molecule has 0 radical (unpaired) electrons. The Kier molecular flexibility index (Phi) is 4.51. The number of carbonyl (C=O) groups excluding carboxylic acids is 1. The normalized spacial score (nSPS) is 18.9. The molecule has 0 bridgehead atoms. The van der Waals surface area contributed by atoms with Crippen LogP contribution in [0, 0.1) is 5.92 Å². The highest BCUT2D eigenvalue weighted by Gasteiger charge is 2.24. The van der Waals surface area contributed by atoms with Gasteiger partial charge in [-0.1, -0.05) is 55.5 Å². The van der Waals surface area contributed by atoms with E-state index in [4.69, 9.17) is 4.74 Å². The molecule has 5 aromatic carbocycles. The summed E-state index contributed by atoms with van der Waals surface area (Å²) >= 11 is 0. The number of rotatable bonds is 3. The highest BCUT2D eigenvalue weighted by molar-refractivity contribution is 6.35. The van der Waals surface area contributed by atoms with Gasteiger partial charge in [-0.2, -0.15) is 0 Å². The fourth-order valence-electron chi connectivity index (χ4n) is 5.64. The molecule has 164 valence electrons. The Labute approximate surface area is 191 Å². The van der Waals surface area contributed by atoms with E-state index in [9.17, 15) is 14.7 Å². The molecule has 0 heterocycles. The lowest BCUT2D eigenvalue weighted by atomic mass is 9.87. The zero-order valence-electron chi connectivity index (χ0n) is 18.4. The topological polar surface area (TPSA) is 63.6 Å². The van der Waals surface area contributed by atoms with Crippen molar-refractivity contribution in [1.82, 2.24) is 0 Å². The number of carboxylic acids is 1. The van der Waals surface area contributed by atoms with E-state index >= 15 is 0 Å². The van der Waals surface area contributed by atoms with Crippen LogP contribution in [0.25, 0.3) is 43.1 Å². The second-order valence-electron chi connectivity index (χ2n) is 9.37. The lowest BCUT2D eigenvalue weighted by molar-refractivity contribution is 0.0176. The highest BCUT2D eigenvalue weighted by Crippen LogP contribution is 2.42. The number of esters is 1. The lowest BCUT2D eigenvalue weighted by Gasteiger charge is -2.26. The molecule has 1 saturated carbocycles. The van der Waals surface area contributed by atoms with Crippen molar-refractivity contribution in [2.24, 2.45) is 5.92 Å². The van der Waals surface area contributed by atoms with Gasteiger partial charge in [0.2, 0.25) is 0 Å². The summed E-state index contributed by atoms with van der Waals surface area (Å²) in [5.41, 5.74) is 0.889. The molecule has 4 heteroatoms. The zero-order valence-corrected chi connectivity index (χ0v) is 18.4. The summed E-state index contributed by atoms with van der Waals surface area (Å²) in [6, 6.07) is 19.2. The smallest absolute Gasteiger partial charge is 0.339 e. The Morgan fingerprint density at radius 2 is 1.18 bits per heavy atom. The SMILES string of the molecule is CC1CCC(OC(=O)c2ccc3c4cccc5c(C(=O)O)ccc(c6cccc2c63)c54)CC1. The largest absolute Gasteiger partial charge is 0.478 e. The highest BCUT2D eigenvalue weighted by atomic mass is 16.5. The summed E-state index contributed by atoms with van der Waals surface area (Å²) in [7, 11) is 0. The van der Waals surface area contributed by atoms with E-state index in [0.29, 0.717) is 17.0 Å². The first-order chi connectivity index (χ1) is 16.0.